The predicted octanol–water partition coefficient (Wildman–Crippen LogP) is 1.63. The minimum atomic E-state index is -0.208. The second kappa shape index (κ2) is 6.04. The van der Waals surface area contributed by atoms with E-state index in [2.05, 4.69) is 22.9 Å². The quantitative estimate of drug-likeness (QED) is 0.727. The molecular weight excluding hydrogens is 296 g/mol. The van der Waals surface area contributed by atoms with Gasteiger partial charge in [-0.25, -0.2) is 0 Å². The molecule has 2 saturated heterocycles. The fourth-order valence-corrected chi connectivity index (χ4v) is 3.32. The van der Waals surface area contributed by atoms with Crippen molar-refractivity contribution >= 4 is 27.7 Å². The first-order valence-corrected chi connectivity index (χ1v) is 7.90. The van der Waals surface area contributed by atoms with Gasteiger partial charge in [0, 0.05) is 19.6 Å². The van der Waals surface area contributed by atoms with Crippen LogP contribution < -0.4 is 0 Å². The third kappa shape index (κ3) is 2.87. The van der Waals surface area contributed by atoms with Gasteiger partial charge >= 0.3 is 0 Å². The summed E-state index contributed by atoms with van der Waals surface area (Å²) in [7, 11) is 0. The van der Waals surface area contributed by atoms with Gasteiger partial charge in [-0.2, -0.15) is 0 Å². The highest BCUT2D eigenvalue weighted by Gasteiger charge is 2.36. The van der Waals surface area contributed by atoms with Gasteiger partial charge in [0.2, 0.25) is 11.8 Å². The highest BCUT2D eigenvalue weighted by Crippen LogP contribution is 2.23. The molecule has 0 N–H and O–H groups in total. The van der Waals surface area contributed by atoms with Crippen molar-refractivity contribution in [3.63, 3.8) is 0 Å². The molecule has 0 aliphatic carbocycles. The van der Waals surface area contributed by atoms with E-state index in [4.69, 9.17) is 0 Å². The van der Waals surface area contributed by atoms with E-state index in [1.54, 1.807) is 4.90 Å². The SMILES string of the molecule is C[C@@H]1CCCN(C(=O)[C@@H]2CCCN2C(=O)CBr)C1. The lowest BCUT2D eigenvalue weighted by atomic mass is 9.99. The molecule has 4 nitrogen and oxygen atoms in total. The molecule has 0 radical (unpaired) electrons. The zero-order chi connectivity index (χ0) is 13.1. The molecule has 2 amide bonds. The summed E-state index contributed by atoms with van der Waals surface area (Å²) in [6.45, 7) is 4.63. The molecule has 0 aromatic carbocycles. The Hall–Kier alpha value is -0.580. The smallest absolute Gasteiger partial charge is 0.245 e. The summed E-state index contributed by atoms with van der Waals surface area (Å²) in [5.74, 6) is 0.786. The van der Waals surface area contributed by atoms with E-state index in [1.165, 1.54) is 6.42 Å². The molecule has 0 spiro atoms. The van der Waals surface area contributed by atoms with Crippen LogP contribution in [0.15, 0.2) is 0 Å². The Balaban J connectivity index is 2.01. The maximum Gasteiger partial charge on any atom is 0.245 e. The Kier molecular flexibility index (Phi) is 4.65. The first kappa shape index (κ1) is 13.8. The number of piperidine rings is 1. The summed E-state index contributed by atoms with van der Waals surface area (Å²) in [5, 5.41) is 0.313. The van der Waals surface area contributed by atoms with Gasteiger partial charge in [0.25, 0.3) is 0 Å². The van der Waals surface area contributed by atoms with Crippen LogP contribution in [0.3, 0.4) is 0 Å². The van der Waals surface area contributed by atoms with Crippen LogP contribution in [0.25, 0.3) is 0 Å². The van der Waals surface area contributed by atoms with Crippen molar-refractivity contribution in [1.82, 2.24) is 9.80 Å². The highest BCUT2D eigenvalue weighted by atomic mass is 79.9. The van der Waals surface area contributed by atoms with Gasteiger partial charge in [0.1, 0.15) is 6.04 Å². The van der Waals surface area contributed by atoms with Gasteiger partial charge in [-0.1, -0.05) is 22.9 Å². The van der Waals surface area contributed by atoms with Crippen LogP contribution in [-0.2, 0) is 9.59 Å². The zero-order valence-corrected chi connectivity index (χ0v) is 12.5. The molecule has 2 aliphatic heterocycles. The van der Waals surface area contributed by atoms with Crippen LogP contribution in [0.2, 0.25) is 0 Å². The minimum Gasteiger partial charge on any atom is -0.341 e. The first-order chi connectivity index (χ1) is 8.63. The predicted molar refractivity (Wildman–Crippen MR) is 73.5 cm³/mol. The zero-order valence-electron chi connectivity index (χ0n) is 10.9. The summed E-state index contributed by atoms with van der Waals surface area (Å²) >= 11 is 3.19. The van der Waals surface area contributed by atoms with Crippen LogP contribution in [0.1, 0.15) is 32.6 Å². The Morgan fingerprint density at radius 3 is 2.61 bits per heavy atom. The number of nitrogens with zero attached hydrogens (tertiary/aromatic N) is 2. The molecular formula is C13H21BrN2O2. The second-order valence-corrected chi connectivity index (χ2v) is 5.97. The van der Waals surface area contributed by atoms with Crippen molar-refractivity contribution in [2.75, 3.05) is 25.0 Å². The van der Waals surface area contributed by atoms with Gasteiger partial charge in [-0.15, -0.1) is 0 Å². The Bertz CT molecular complexity index is 335. The average Bonchev–Trinajstić information content (AvgIpc) is 2.86. The highest BCUT2D eigenvalue weighted by molar-refractivity contribution is 9.09. The van der Waals surface area contributed by atoms with E-state index in [0.717, 1.165) is 38.9 Å². The molecule has 2 aliphatic rings. The topological polar surface area (TPSA) is 40.6 Å². The number of carbonyl (C=O) groups excluding carboxylic acids is 2. The van der Waals surface area contributed by atoms with Gasteiger partial charge in [-0.3, -0.25) is 9.59 Å². The molecule has 0 unspecified atom stereocenters. The van der Waals surface area contributed by atoms with Gasteiger partial charge < -0.3 is 9.80 Å². The van der Waals surface area contributed by atoms with Crippen LogP contribution in [-0.4, -0.2) is 52.6 Å². The Labute approximate surface area is 117 Å². The summed E-state index contributed by atoms with van der Waals surface area (Å²) in [4.78, 5) is 28.0. The minimum absolute atomic E-state index is 0.0379. The lowest BCUT2D eigenvalue weighted by Gasteiger charge is -2.35. The number of carbonyl (C=O) groups is 2. The fraction of sp³-hybridized carbons (Fsp3) is 0.846. The maximum atomic E-state index is 12.5. The van der Waals surface area contributed by atoms with E-state index in [0.29, 0.717) is 11.2 Å². The van der Waals surface area contributed by atoms with Gasteiger partial charge in [0.05, 0.1) is 5.33 Å². The number of likely N-dealkylation sites (tertiary alicyclic amines) is 2. The number of rotatable bonds is 2. The van der Waals surface area contributed by atoms with Crippen molar-refractivity contribution in [2.45, 2.75) is 38.6 Å². The van der Waals surface area contributed by atoms with E-state index in [9.17, 15) is 9.59 Å². The van der Waals surface area contributed by atoms with Gasteiger partial charge in [0.15, 0.2) is 0 Å². The summed E-state index contributed by atoms with van der Waals surface area (Å²) in [6, 6.07) is -0.208. The molecule has 0 bridgehead atoms. The maximum absolute atomic E-state index is 12.5. The lowest BCUT2D eigenvalue weighted by molar-refractivity contribution is -0.143. The number of halogens is 1. The monoisotopic (exact) mass is 316 g/mol. The first-order valence-electron chi connectivity index (χ1n) is 6.77. The summed E-state index contributed by atoms with van der Waals surface area (Å²) < 4.78 is 0. The van der Waals surface area contributed by atoms with Crippen LogP contribution in [0, 0.1) is 5.92 Å². The van der Waals surface area contributed by atoms with Crippen LogP contribution in [0.5, 0.6) is 0 Å². The number of amides is 2. The molecule has 0 aromatic rings. The Morgan fingerprint density at radius 2 is 1.94 bits per heavy atom. The van der Waals surface area contributed by atoms with E-state index >= 15 is 0 Å². The van der Waals surface area contributed by atoms with Crippen molar-refractivity contribution in [1.29, 1.82) is 0 Å². The summed E-state index contributed by atoms with van der Waals surface area (Å²) in [6.07, 6.45) is 4.06. The molecule has 0 aromatic heterocycles. The van der Waals surface area contributed by atoms with Crippen LogP contribution >= 0.6 is 15.9 Å². The molecule has 0 saturated carbocycles. The number of hydrogen-bond donors (Lipinski definition) is 0. The third-order valence-corrected chi connectivity index (χ3v) is 4.42. The van der Waals surface area contributed by atoms with Crippen molar-refractivity contribution in [3.8, 4) is 0 Å². The molecule has 5 heteroatoms. The Morgan fingerprint density at radius 1 is 1.22 bits per heavy atom. The normalized spacial score (nSPS) is 28.6. The third-order valence-electron chi connectivity index (χ3n) is 3.94. The van der Waals surface area contributed by atoms with Gasteiger partial charge in [-0.05, 0) is 31.6 Å². The molecule has 2 atom stereocenters. The lowest BCUT2D eigenvalue weighted by Crippen LogP contribution is -2.50. The average molecular weight is 317 g/mol. The van der Waals surface area contributed by atoms with E-state index < -0.39 is 0 Å². The molecule has 2 rings (SSSR count). The number of alkyl halides is 1. The molecule has 102 valence electrons. The van der Waals surface area contributed by atoms with E-state index in [-0.39, 0.29) is 17.9 Å². The standard InChI is InChI=1S/C13H21BrN2O2/c1-10-4-2-6-15(9-10)13(18)11-5-3-7-16(11)12(17)8-14/h10-11H,2-9H2,1H3/t10-,11+/m1/s1. The van der Waals surface area contributed by atoms with E-state index in [1.807, 2.05) is 4.90 Å². The fourth-order valence-electron chi connectivity index (χ4n) is 3.00. The van der Waals surface area contributed by atoms with Crippen molar-refractivity contribution in [3.05, 3.63) is 0 Å². The molecule has 18 heavy (non-hydrogen) atoms. The van der Waals surface area contributed by atoms with Crippen molar-refractivity contribution in [2.24, 2.45) is 5.92 Å². The number of hydrogen-bond acceptors (Lipinski definition) is 2. The van der Waals surface area contributed by atoms with Crippen molar-refractivity contribution < 1.29 is 9.59 Å². The summed E-state index contributed by atoms with van der Waals surface area (Å²) in [5.41, 5.74) is 0. The van der Waals surface area contributed by atoms with Crippen LogP contribution in [0.4, 0.5) is 0 Å². The molecule has 2 heterocycles. The second-order valence-electron chi connectivity index (χ2n) is 5.41. The largest absolute Gasteiger partial charge is 0.341 e. The molecule has 2 fully saturated rings.